The van der Waals surface area contributed by atoms with Crippen molar-refractivity contribution in [2.75, 3.05) is 6.61 Å². The van der Waals surface area contributed by atoms with Crippen molar-refractivity contribution in [3.8, 4) is 0 Å². The molecule has 1 N–H and O–H groups in total. The standard InChI is InChI=1S/C17H19F2N3O3/c18-17(19)5-3-16(4-6-17)8-11(25-10-16)9-22-14(23)13-12(21-15(22)24)2-1-7-20-13/h1-2,7,11H,3-6,8-10H2,(H,21,24). The van der Waals surface area contributed by atoms with Crippen molar-refractivity contribution in [2.45, 2.75) is 50.7 Å². The first-order valence-electron chi connectivity index (χ1n) is 8.45. The lowest BCUT2D eigenvalue weighted by atomic mass is 9.71. The number of pyridine rings is 1. The molecule has 2 aromatic heterocycles. The fourth-order valence-electron chi connectivity index (χ4n) is 3.96. The summed E-state index contributed by atoms with van der Waals surface area (Å²) in [4.78, 5) is 31.4. The summed E-state index contributed by atoms with van der Waals surface area (Å²) in [6.45, 7) is 0.519. The van der Waals surface area contributed by atoms with E-state index in [0.717, 1.165) is 4.57 Å². The Morgan fingerprint density at radius 1 is 1.28 bits per heavy atom. The van der Waals surface area contributed by atoms with Gasteiger partial charge in [0.1, 0.15) is 0 Å². The van der Waals surface area contributed by atoms with Crippen LogP contribution in [0, 0.1) is 5.41 Å². The predicted octanol–water partition coefficient (Wildman–Crippen LogP) is 2.07. The van der Waals surface area contributed by atoms with Crippen LogP contribution in [0.25, 0.3) is 11.0 Å². The van der Waals surface area contributed by atoms with E-state index in [4.69, 9.17) is 4.74 Å². The van der Waals surface area contributed by atoms with Gasteiger partial charge in [-0.05, 0) is 36.8 Å². The minimum atomic E-state index is -2.58. The number of halogens is 2. The SMILES string of the molecule is O=c1[nH]c2cccnc2c(=O)n1CC1CC2(CCC(F)(F)CC2)CO1. The number of nitrogens with one attached hydrogen (secondary N) is 1. The number of H-pyrrole nitrogens is 1. The van der Waals surface area contributed by atoms with Crippen LogP contribution in [0.3, 0.4) is 0 Å². The minimum Gasteiger partial charge on any atom is -0.376 e. The molecule has 134 valence electrons. The van der Waals surface area contributed by atoms with Gasteiger partial charge >= 0.3 is 5.69 Å². The summed E-state index contributed by atoms with van der Waals surface area (Å²) >= 11 is 0. The lowest BCUT2D eigenvalue weighted by Gasteiger charge is -2.35. The molecule has 8 heteroatoms. The van der Waals surface area contributed by atoms with Crippen LogP contribution in [-0.4, -0.2) is 33.2 Å². The van der Waals surface area contributed by atoms with Gasteiger partial charge in [0, 0.05) is 19.0 Å². The number of aromatic nitrogens is 3. The molecule has 0 radical (unpaired) electrons. The molecule has 4 rings (SSSR count). The van der Waals surface area contributed by atoms with E-state index in [1.807, 2.05) is 0 Å². The number of ether oxygens (including phenoxy) is 1. The van der Waals surface area contributed by atoms with Crippen LogP contribution in [0.5, 0.6) is 0 Å². The summed E-state index contributed by atoms with van der Waals surface area (Å²) in [5.74, 6) is -2.58. The molecule has 1 saturated heterocycles. The summed E-state index contributed by atoms with van der Waals surface area (Å²) < 4.78 is 33.7. The van der Waals surface area contributed by atoms with Crippen LogP contribution >= 0.6 is 0 Å². The summed E-state index contributed by atoms with van der Waals surface area (Å²) in [5.41, 5.74) is -0.624. The summed E-state index contributed by atoms with van der Waals surface area (Å²) in [7, 11) is 0. The Morgan fingerprint density at radius 3 is 2.80 bits per heavy atom. The molecule has 2 aromatic rings. The first-order valence-corrected chi connectivity index (χ1v) is 8.45. The quantitative estimate of drug-likeness (QED) is 0.899. The average Bonchev–Trinajstić information content (AvgIpc) is 2.98. The Hall–Kier alpha value is -2.09. The van der Waals surface area contributed by atoms with Crippen LogP contribution < -0.4 is 11.2 Å². The van der Waals surface area contributed by atoms with E-state index in [9.17, 15) is 18.4 Å². The molecule has 1 atom stereocenters. The summed E-state index contributed by atoms with van der Waals surface area (Å²) in [6.07, 6.45) is 2.35. The van der Waals surface area contributed by atoms with Crippen LogP contribution in [0.4, 0.5) is 8.78 Å². The Balaban J connectivity index is 1.55. The van der Waals surface area contributed by atoms with Gasteiger partial charge in [-0.1, -0.05) is 0 Å². The van der Waals surface area contributed by atoms with Crippen LogP contribution in [-0.2, 0) is 11.3 Å². The van der Waals surface area contributed by atoms with Gasteiger partial charge in [-0.2, -0.15) is 0 Å². The molecular formula is C17H19F2N3O3. The fraction of sp³-hybridized carbons (Fsp3) is 0.588. The van der Waals surface area contributed by atoms with Gasteiger partial charge in [0.15, 0.2) is 5.52 Å². The second-order valence-corrected chi connectivity index (χ2v) is 7.24. The molecule has 2 aliphatic rings. The van der Waals surface area contributed by atoms with Gasteiger partial charge in [0.25, 0.3) is 5.56 Å². The summed E-state index contributed by atoms with van der Waals surface area (Å²) in [6, 6.07) is 3.27. The van der Waals surface area contributed by atoms with Gasteiger partial charge < -0.3 is 9.72 Å². The lowest BCUT2D eigenvalue weighted by molar-refractivity contribution is -0.0679. The van der Waals surface area contributed by atoms with Crippen molar-refractivity contribution in [2.24, 2.45) is 5.41 Å². The van der Waals surface area contributed by atoms with Crippen LogP contribution in [0.1, 0.15) is 32.1 Å². The molecule has 3 heterocycles. The molecule has 0 amide bonds. The minimum absolute atomic E-state index is 0.110. The molecule has 1 unspecified atom stereocenters. The smallest absolute Gasteiger partial charge is 0.329 e. The largest absolute Gasteiger partial charge is 0.376 e. The number of aromatic amines is 1. The molecule has 0 bridgehead atoms. The molecule has 25 heavy (non-hydrogen) atoms. The number of fused-ring (bicyclic) bond motifs is 1. The monoisotopic (exact) mass is 351 g/mol. The van der Waals surface area contributed by atoms with Crippen molar-refractivity contribution < 1.29 is 13.5 Å². The second-order valence-electron chi connectivity index (χ2n) is 7.24. The van der Waals surface area contributed by atoms with E-state index >= 15 is 0 Å². The van der Waals surface area contributed by atoms with Crippen molar-refractivity contribution in [3.05, 3.63) is 39.2 Å². The molecular weight excluding hydrogens is 332 g/mol. The third-order valence-electron chi connectivity index (χ3n) is 5.46. The molecule has 1 aliphatic heterocycles. The average molecular weight is 351 g/mol. The third-order valence-corrected chi connectivity index (χ3v) is 5.46. The van der Waals surface area contributed by atoms with E-state index in [1.165, 1.54) is 6.20 Å². The molecule has 1 spiro atoms. The zero-order valence-corrected chi connectivity index (χ0v) is 13.6. The Kier molecular flexibility index (Phi) is 3.75. The van der Waals surface area contributed by atoms with E-state index in [1.54, 1.807) is 12.1 Å². The summed E-state index contributed by atoms with van der Waals surface area (Å²) in [5, 5.41) is 0. The predicted molar refractivity (Wildman–Crippen MR) is 86.8 cm³/mol. The van der Waals surface area contributed by atoms with Gasteiger partial charge in [-0.15, -0.1) is 0 Å². The highest BCUT2D eigenvalue weighted by atomic mass is 19.3. The number of hydrogen-bond donors (Lipinski definition) is 1. The first-order chi connectivity index (χ1) is 11.9. The molecule has 2 fully saturated rings. The van der Waals surface area contributed by atoms with E-state index in [-0.39, 0.29) is 36.4 Å². The molecule has 1 saturated carbocycles. The number of alkyl halides is 2. The maximum Gasteiger partial charge on any atom is 0.329 e. The van der Waals surface area contributed by atoms with Crippen molar-refractivity contribution in [1.82, 2.24) is 14.5 Å². The van der Waals surface area contributed by atoms with Crippen molar-refractivity contribution in [3.63, 3.8) is 0 Å². The van der Waals surface area contributed by atoms with Gasteiger partial charge in [0.05, 0.1) is 24.8 Å². The van der Waals surface area contributed by atoms with Gasteiger partial charge in [-0.25, -0.2) is 18.6 Å². The fourth-order valence-corrected chi connectivity index (χ4v) is 3.96. The van der Waals surface area contributed by atoms with Gasteiger partial charge in [0.2, 0.25) is 5.92 Å². The Bertz CT molecular complexity index is 911. The normalized spacial score (nSPS) is 24.8. The van der Waals surface area contributed by atoms with Crippen molar-refractivity contribution in [1.29, 1.82) is 0 Å². The number of rotatable bonds is 2. The number of hydrogen-bond acceptors (Lipinski definition) is 4. The molecule has 0 aromatic carbocycles. The van der Waals surface area contributed by atoms with Gasteiger partial charge in [-0.3, -0.25) is 9.36 Å². The first kappa shape index (κ1) is 16.4. The highest BCUT2D eigenvalue weighted by Crippen LogP contribution is 2.49. The van der Waals surface area contributed by atoms with Crippen molar-refractivity contribution >= 4 is 11.0 Å². The molecule has 6 nitrogen and oxygen atoms in total. The second kappa shape index (κ2) is 5.72. The maximum absolute atomic E-state index is 13.4. The highest BCUT2D eigenvalue weighted by Gasteiger charge is 2.47. The zero-order valence-electron chi connectivity index (χ0n) is 13.6. The highest BCUT2D eigenvalue weighted by molar-refractivity contribution is 5.71. The number of nitrogens with zero attached hydrogens (tertiary/aromatic N) is 2. The lowest BCUT2D eigenvalue weighted by Crippen LogP contribution is -2.39. The Morgan fingerprint density at radius 2 is 2.04 bits per heavy atom. The van der Waals surface area contributed by atoms with Crippen LogP contribution in [0.15, 0.2) is 27.9 Å². The topological polar surface area (TPSA) is 77.0 Å². The Labute approximate surface area is 141 Å². The molecule has 1 aliphatic carbocycles. The van der Waals surface area contributed by atoms with E-state index < -0.39 is 17.2 Å². The maximum atomic E-state index is 13.4. The van der Waals surface area contributed by atoms with E-state index in [0.29, 0.717) is 31.4 Å². The third kappa shape index (κ3) is 2.99. The van der Waals surface area contributed by atoms with Crippen LogP contribution in [0.2, 0.25) is 0 Å². The zero-order chi connectivity index (χ0) is 17.7. The van der Waals surface area contributed by atoms with E-state index in [2.05, 4.69) is 9.97 Å².